The molecule has 0 radical (unpaired) electrons. The van der Waals surface area contributed by atoms with Crippen molar-refractivity contribution in [3.8, 4) is 0 Å². The molecule has 0 aromatic carbocycles. The fourth-order valence-electron chi connectivity index (χ4n) is 2.03. The number of anilines is 1. The topological polar surface area (TPSA) is 80.9 Å². The molecule has 0 saturated carbocycles. The third-order valence-corrected chi connectivity index (χ3v) is 5.39. The fourth-order valence-corrected chi connectivity index (χ4v) is 3.84. The molecule has 7 heteroatoms. The number of nitrogen functional groups attached to an aromatic ring is 1. The van der Waals surface area contributed by atoms with Crippen molar-refractivity contribution in [2.24, 2.45) is 0 Å². The minimum Gasteiger partial charge on any atom is -0.396 e. The number of aryl methyl sites for hydroxylation is 1. The average Bonchev–Trinajstić information content (AvgIpc) is 3.04. The summed E-state index contributed by atoms with van der Waals surface area (Å²) in [6.07, 6.45) is 3.17. The lowest BCUT2D eigenvalue weighted by atomic mass is 10.2. The monoisotopic (exact) mass is 318 g/mol. The molecule has 0 bridgehead atoms. The van der Waals surface area contributed by atoms with Crippen molar-refractivity contribution in [3.05, 3.63) is 39.2 Å². The predicted octanol–water partition coefficient (Wildman–Crippen LogP) is 3.13. The number of fused-ring (bicyclic) bond motifs is 1. The molecule has 21 heavy (non-hydrogen) atoms. The molecule has 0 aliphatic heterocycles. The molecule has 0 fully saturated rings. The van der Waals surface area contributed by atoms with Crippen molar-refractivity contribution in [1.29, 1.82) is 0 Å². The van der Waals surface area contributed by atoms with E-state index in [2.05, 4.69) is 15.3 Å². The van der Waals surface area contributed by atoms with Crippen LogP contribution in [-0.2, 0) is 0 Å². The van der Waals surface area contributed by atoms with Crippen molar-refractivity contribution in [1.82, 2.24) is 15.3 Å². The van der Waals surface area contributed by atoms with E-state index in [0.717, 1.165) is 4.88 Å². The average molecular weight is 318 g/mol. The summed E-state index contributed by atoms with van der Waals surface area (Å²) in [7, 11) is 0. The molecule has 1 unspecified atom stereocenters. The zero-order valence-corrected chi connectivity index (χ0v) is 13.2. The van der Waals surface area contributed by atoms with Gasteiger partial charge in [0.05, 0.1) is 11.7 Å². The predicted molar refractivity (Wildman–Crippen MR) is 86.8 cm³/mol. The molecule has 3 N–H and O–H groups in total. The lowest BCUT2D eigenvalue weighted by Crippen LogP contribution is -2.25. The van der Waals surface area contributed by atoms with E-state index in [1.165, 1.54) is 16.2 Å². The highest BCUT2D eigenvalue weighted by Gasteiger charge is 2.20. The molecule has 3 heterocycles. The van der Waals surface area contributed by atoms with Crippen molar-refractivity contribution in [2.75, 3.05) is 5.73 Å². The standard InChI is InChI=1S/C14H14N4OS2/c1-7-3-4-9(20-7)8(2)18-13(19)12-10(15)11-14(21-12)17-6-5-16-11/h3-6,8H,15H2,1-2H3,(H,18,19). The van der Waals surface area contributed by atoms with Gasteiger partial charge in [-0.1, -0.05) is 0 Å². The van der Waals surface area contributed by atoms with Gasteiger partial charge in [-0.25, -0.2) is 9.97 Å². The van der Waals surface area contributed by atoms with Gasteiger partial charge in [0.25, 0.3) is 5.91 Å². The number of hydrogen-bond acceptors (Lipinski definition) is 6. The van der Waals surface area contributed by atoms with Crippen LogP contribution >= 0.6 is 22.7 Å². The van der Waals surface area contributed by atoms with Crippen molar-refractivity contribution in [2.45, 2.75) is 19.9 Å². The van der Waals surface area contributed by atoms with E-state index in [0.29, 0.717) is 20.9 Å². The number of thiophene rings is 2. The molecule has 1 atom stereocenters. The number of amides is 1. The quantitative estimate of drug-likeness (QED) is 0.777. The van der Waals surface area contributed by atoms with Crippen LogP contribution in [0.2, 0.25) is 0 Å². The Bertz CT molecular complexity index is 808. The Hall–Kier alpha value is -1.99. The Morgan fingerprint density at radius 2 is 2.05 bits per heavy atom. The van der Waals surface area contributed by atoms with Crippen LogP contribution in [0.15, 0.2) is 24.5 Å². The summed E-state index contributed by atoms with van der Waals surface area (Å²) in [4.78, 5) is 24.2. The van der Waals surface area contributed by atoms with Crippen LogP contribution in [0.5, 0.6) is 0 Å². The molecular formula is C14H14N4OS2. The number of hydrogen-bond donors (Lipinski definition) is 2. The molecular weight excluding hydrogens is 304 g/mol. The third kappa shape index (κ3) is 2.62. The van der Waals surface area contributed by atoms with Crippen LogP contribution in [0, 0.1) is 6.92 Å². The zero-order chi connectivity index (χ0) is 15.0. The summed E-state index contributed by atoms with van der Waals surface area (Å²) >= 11 is 2.94. The van der Waals surface area contributed by atoms with E-state index in [1.54, 1.807) is 23.7 Å². The van der Waals surface area contributed by atoms with Gasteiger partial charge in [0, 0.05) is 22.1 Å². The van der Waals surface area contributed by atoms with Crippen LogP contribution in [0.1, 0.15) is 32.4 Å². The number of carbonyl (C=O) groups is 1. The lowest BCUT2D eigenvalue weighted by molar-refractivity contribution is 0.0945. The first-order valence-corrected chi connectivity index (χ1v) is 8.05. The molecule has 108 valence electrons. The number of carbonyl (C=O) groups excluding carboxylic acids is 1. The van der Waals surface area contributed by atoms with Gasteiger partial charge >= 0.3 is 0 Å². The highest BCUT2D eigenvalue weighted by molar-refractivity contribution is 7.21. The van der Waals surface area contributed by atoms with Gasteiger partial charge in [-0.2, -0.15) is 0 Å². The normalized spacial score (nSPS) is 12.5. The highest BCUT2D eigenvalue weighted by Crippen LogP contribution is 2.31. The van der Waals surface area contributed by atoms with Gasteiger partial charge in [0.15, 0.2) is 0 Å². The summed E-state index contributed by atoms with van der Waals surface area (Å²) in [5.74, 6) is -0.184. The molecule has 0 saturated heterocycles. The van der Waals surface area contributed by atoms with Gasteiger partial charge in [-0.05, 0) is 26.0 Å². The number of aromatic nitrogens is 2. The summed E-state index contributed by atoms with van der Waals surface area (Å²) in [5, 5.41) is 2.97. The van der Waals surface area contributed by atoms with Crippen molar-refractivity contribution in [3.63, 3.8) is 0 Å². The molecule has 3 aromatic heterocycles. The fraction of sp³-hybridized carbons (Fsp3) is 0.214. The summed E-state index contributed by atoms with van der Waals surface area (Å²) < 4.78 is 0. The Labute approximate surface area is 129 Å². The van der Waals surface area contributed by atoms with Gasteiger partial charge in [0.2, 0.25) is 0 Å². The van der Waals surface area contributed by atoms with E-state index in [-0.39, 0.29) is 11.9 Å². The second-order valence-corrected chi connectivity index (χ2v) is 7.02. The van der Waals surface area contributed by atoms with E-state index < -0.39 is 0 Å². The first kappa shape index (κ1) is 14.0. The molecule has 0 aliphatic rings. The van der Waals surface area contributed by atoms with E-state index in [4.69, 9.17) is 5.73 Å². The molecule has 0 aliphatic carbocycles. The molecule has 1 amide bonds. The highest BCUT2D eigenvalue weighted by atomic mass is 32.1. The smallest absolute Gasteiger partial charge is 0.264 e. The van der Waals surface area contributed by atoms with Gasteiger partial charge in [-0.3, -0.25) is 4.79 Å². The van der Waals surface area contributed by atoms with Crippen molar-refractivity contribution >= 4 is 44.6 Å². The molecule has 3 rings (SSSR count). The van der Waals surface area contributed by atoms with Gasteiger partial charge in [0.1, 0.15) is 15.2 Å². The maximum absolute atomic E-state index is 12.4. The minimum absolute atomic E-state index is 0.0540. The maximum Gasteiger partial charge on any atom is 0.264 e. The van der Waals surface area contributed by atoms with E-state index in [9.17, 15) is 4.79 Å². The molecule has 5 nitrogen and oxygen atoms in total. The second-order valence-electron chi connectivity index (χ2n) is 4.70. The molecule has 3 aromatic rings. The number of nitrogens with two attached hydrogens (primary N) is 1. The summed E-state index contributed by atoms with van der Waals surface area (Å²) in [6.45, 7) is 4.01. The minimum atomic E-state index is -0.184. The number of nitrogens with zero attached hydrogens (tertiary/aromatic N) is 2. The summed E-state index contributed by atoms with van der Waals surface area (Å²) in [5.41, 5.74) is 7.00. The Kier molecular flexibility index (Phi) is 3.60. The first-order valence-electron chi connectivity index (χ1n) is 6.42. The van der Waals surface area contributed by atoms with Gasteiger partial charge in [-0.15, -0.1) is 22.7 Å². The van der Waals surface area contributed by atoms with Crippen LogP contribution in [0.4, 0.5) is 5.69 Å². The lowest BCUT2D eigenvalue weighted by Gasteiger charge is -2.11. The largest absolute Gasteiger partial charge is 0.396 e. The Morgan fingerprint density at radius 1 is 1.29 bits per heavy atom. The van der Waals surface area contributed by atoms with Crippen LogP contribution in [0.3, 0.4) is 0 Å². The van der Waals surface area contributed by atoms with Gasteiger partial charge < -0.3 is 11.1 Å². The van der Waals surface area contributed by atoms with Crippen LogP contribution < -0.4 is 11.1 Å². The number of nitrogens with one attached hydrogen (secondary N) is 1. The third-order valence-electron chi connectivity index (χ3n) is 3.10. The van der Waals surface area contributed by atoms with Crippen LogP contribution in [0.25, 0.3) is 10.3 Å². The number of rotatable bonds is 3. The molecule has 0 spiro atoms. The zero-order valence-electron chi connectivity index (χ0n) is 11.6. The second kappa shape index (κ2) is 5.42. The van der Waals surface area contributed by atoms with E-state index >= 15 is 0 Å². The SMILES string of the molecule is Cc1ccc(C(C)NC(=O)c2sc3nccnc3c2N)s1. The first-order chi connectivity index (χ1) is 10.1. The Morgan fingerprint density at radius 3 is 2.71 bits per heavy atom. The van der Waals surface area contributed by atoms with Crippen LogP contribution in [-0.4, -0.2) is 15.9 Å². The summed E-state index contributed by atoms with van der Waals surface area (Å²) in [6, 6.07) is 4.02. The maximum atomic E-state index is 12.4. The van der Waals surface area contributed by atoms with Crippen molar-refractivity contribution < 1.29 is 4.79 Å². The Balaban J connectivity index is 1.85. The van der Waals surface area contributed by atoms with E-state index in [1.807, 2.05) is 26.0 Å².